The Morgan fingerprint density at radius 2 is 2.24 bits per heavy atom. The average Bonchev–Trinajstić information content (AvgIpc) is 2.91. The molecule has 1 unspecified atom stereocenters. The molecule has 0 saturated heterocycles. The molecule has 5 heteroatoms. The zero-order chi connectivity index (χ0) is 14.8. The number of ether oxygens (including phenoxy) is 1. The Hall–Kier alpha value is -2.43. The molecule has 2 aromatic rings. The molecule has 0 amide bonds. The molecule has 0 spiro atoms. The Balaban J connectivity index is 1.92. The third-order valence-electron chi connectivity index (χ3n) is 3.78. The lowest BCUT2D eigenvalue weighted by Gasteiger charge is -2.12. The highest BCUT2D eigenvalue weighted by molar-refractivity contribution is 5.93. The van der Waals surface area contributed by atoms with Gasteiger partial charge in [0.25, 0.3) is 0 Å². The number of carbonyl (C=O) groups excluding carboxylic acids is 1. The van der Waals surface area contributed by atoms with Gasteiger partial charge in [-0.25, -0.2) is 14.8 Å². The van der Waals surface area contributed by atoms with Crippen LogP contribution in [0, 0.1) is 0 Å². The van der Waals surface area contributed by atoms with E-state index >= 15 is 0 Å². The van der Waals surface area contributed by atoms with E-state index in [0.29, 0.717) is 12.4 Å². The van der Waals surface area contributed by atoms with Crippen LogP contribution in [0.5, 0.6) is 0 Å². The van der Waals surface area contributed by atoms with Gasteiger partial charge in [-0.3, -0.25) is 0 Å². The number of benzene rings is 1. The van der Waals surface area contributed by atoms with Crippen LogP contribution in [0.3, 0.4) is 0 Å². The van der Waals surface area contributed by atoms with E-state index in [1.165, 1.54) is 17.3 Å². The molecular weight excluding hydrogens is 266 g/mol. The maximum Gasteiger partial charge on any atom is 0.343 e. The van der Waals surface area contributed by atoms with Gasteiger partial charge in [0, 0.05) is 12.1 Å². The van der Waals surface area contributed by atoms with Crippen molar-refractivity contribution in [1.82, 2.24) is 9.97 Å². The van der Waals surface area contributed by atoms with Crippen molar-refractivity contribution in [3.63, 3.8) is 0 Å². The Kier molecular flexibility index (Phi) is 3.56. The van der Waals surface area contributed by atoms with Crippen LogP contribution in [0.15, 0.2) is 30.5 Å². The summed E-state index contributed by atoms with van der Waals surface area (Å²) >= 11 is 0. The van der Waals surface area contributed by atoms with Crippen molar-refractivity contribution in [3.8, 4) is 0 Å². The van der Waals surface area contributed by atoms with E-state index in [0.717, 1.165) is 12.8 Å². The molecule has 0 bridgehead atoms. The standard InChI is InChI=1S/C16H17N3O2/c1-2-21-16(20)13-9-18-15(19-14(13)17)12-8-7-10-5-3-4-6-11(10)12/h3-6,9,12H,2,7-8H2,1H3,(H2,17,18,19). The maximum absolute atomic E-state index is 11.7. The van der Waals surface area contributed by atoms with Crippen molar-refractivity contribution < 1.29 is 9.53 Å². The number of fused-ring (bicyclic) bond motifs is 1. The second kappa shape index (κ2) is 5.52. The molecular formula is C16H17N3O2. The van der Waals surface area contributed by atoms with Crippen molar-refractivity contribution in [3.05, 3.63) is 53.0 Å². The van der Waals surface area contributed by atoms with Gasteiger partial charge < -0.3 is 10.5 Å². The molecule has 21 heavy (non-hydrogen) atoms. The van der Waals surface area contributed by atoms with E-state index in [1.807, 2.05) is 12.1 Å². The fourth-order valence-corrected chi connectivity index (χ4v) is 2.77. The van der Waals surface area contributed by atoms with Crippen LogP contribution in [-0.4, -0.2) is 22.5 Å². The molecule has 0 aliphatic heterocycles. The van der Waals surface area contributed by atoms with Crippen LogP contribution in [0.1, 0.15) is 46.6 Å². The number of esters is 1. The number of nitrogens with zero attached hydrogens (tertiary/aromatic N) is 2. The first kappa shape index (κ1) is 13.5. The largest absolute Gasteiger partial charge is 0.462 e. The molecule has 0 saturated carbocycles. The number of anilines is 1. The highest BCUT2D eigenvalue weighted by atomic mass is 16.5. The quantitative estimate of drug-likeness (QED) is 0.875. The molecule has 1 heterocycles. The van der Waals surface area contributed by atoms with Crippen molar-refractivity contribution in [1.29, 1.82) is 0 Å². The third kappa shape index (κ3) is 2.46. The van der Waals surface area contributed by atoms with Gasteiger partial charge in [-0.15, -0.1) is 0 Å². The predicted octanol–water partition coefficient (Wildman–Crippen LogP) is 2.31. The topological polar surface area (TPSA) is 78.1 Å². The zero-order valence-electron chi connectivity index (χ0n) is 11.9. The monoisotopic (exact) mass is 283 g/mol. The molecule has 3 rings (SSSR count). The van der Waals surface area contributed by atoms with E-state index in [2.05, 4.69) is 22.1 Å². The molecule has 1 aromatic carbocycles. The smallest absolute Gasteiger partial charge is 0.343 e. The number of rotatable bonds is 3. The Bertz CT molecular complexity index is 685. The second-order valence-corrected chi connectivity index (χ2v) is 5.04. The molecule has 1 aromatic heterocycles. The van der Waals surface area contributed by atoms with Crippen LogP contribution < -0.4 is 5.73 Å². The second-order valence-electron chi connectivity index (χ2n) is 5.04. The maximum atomic E-state index is 11.7. The van der Waals surface area contributed by atoms with E-state index in [-0.39, 0.29) is 17.3 Å². The lowest BCUT2D eigenvalue weighted by atomic mass is 10.0. The first-order valence-corrected chi connectivity index (χ1v) is 7.08. The van der Waals surface area contributed by atoms with Gasteiger partial charge in [0.15, 0.2) is 0 Å². The summed E-state index contributed by atoms with van der Waals surface area (Å²) < 4.78 is 4.93. The molecule has 1 atom stereocenters. The molecule has 5 nitrogen and oxygen atoms in total. The number of aryl methyl sites for hydroxylation is 1. The Morgan fingerprint density at radius 3 is 3.00 bits per heavy atom. The SMILES string of the molecule is CCOC(=O)c1cnc(C2CCc3ccccc32)nc1N. The van der Waals surface area contributed by atoms with Crippen LogP contribution in [0.2, 0.25) is 0 Å². The summed E-state index contributed by atoms with van der Waals surface area (Å²) in [6.07, 6.45) is 3.46. The van der Waals surface area contributed by atoms with Gasteiger partial charge in [0.1, 0.15) is 17.2 Å². The van der Waals surface area contributed by atoms with Crippen molar-refractivity contribution >= 4 is 11.8 Å². The Morgan fingerprint density at radius 1 is 1.43 bits per heavy atom. The van der Waals surface area contributed by atoms with Crippen molar-refractivity contribution in [2.75, 3.05) is 12.3 Å². The summed E-state index contributed by atoms with van der Waals surface area (Å²) in [4.78, 5) is 20.4. The van der Waals surface area contributed by atoms with Crippen LogP contribution >= 0.6 is 0 Å². The number of hydrogen-bond donors (Lipinski definition) is 1. The van der Waals surface area contributed by atoms with Gasteiger partial charge in [-0.05, 0) is 30.9 Å². The van der Waals surface area contributed by atoms with E-state index in [4.69, 9.17) is 10.5 Å². The highest BCUT2D eigenvalue weighted by Crippen LogP contribution is 2.36. The predicted molar refractivity (Wildman–Crippen MR) is 79.0 cm³/mol. The summed E-state index contributed by atoms with van der Waals surface area (Å²) in [5.41, 5.74) is 8.70. The summed E-state index contributed by atoms with van der Waals surface area (Å²) in [5.74, 6) is 0.529. The van der Waals surface area contributed by atoms with Gasteiger partial charge in [0.2, 0.25) is 0 Å². The molecule has 1 aliphatic carbocycles. The van der Waals surface area contributed by atoms with Gasteiger partial charge >= 0.3 is 5.97 Å². The third-order valence-corrected chi connectivity index (χ3v) is 3.78. The molecule has 2 N–H and O–H groups in total. The minimum atomic E-state index is -0.478. The van der Waals surface area contributed by atoms with Crippen LogP contribution in [0.4, 0.5) is 5.82 Å². The van der Waals surface area contributed by atoms with Crippen molar-refractivity contribution in [2.45, 2.75) is 25.7 Å². The molecule has 108 valence electrons. The van der Waals surface area contributed by atoms with E-state index in [1.54, 1.807) is 6.92 Å². The van der Waals surface area contributed by atoms with Crippen LogP contribution in [0.25, 0.3) is 0 Å². The van der Waals surface area contributed by atoms with Gasteiger partial charge in [0.05, 0.1) is 6.61 Å². The van der Waals surface area contributed by atoms with Gasteiger partial charge in [-0.1, -0.05) is 24.3 Å². The summed E-state index contributed by atoms with van der Waals surface area (Å²) in [6.45, 7) is 2.05. The van der Waals surface area contributed by atoms with Crippen molar-refractivity contribution in [2.24, 2.45) is 0 Å². The molecule has 0 radical (unpaired) electrons. The number of hydrogen-bond acceptors (Lipinski definition) is 5. The lowest BCUT2D eigenvalue weighted by molar-refractivity contribution is 0.0526. The number of nitrogens with two attached hydrogens (primary N) is 1. The first-order chi connectivity index (χ1) is 10.2. The lowest BCUT2D eigenvalue weighted by Crippen LogP contribution is -2.13. The number of nitrogen functional groups attached to an aromatic ring is 1. The summed E-state index contributed by atoms with van der Waals surface area (Å²) in [6, 6.07) is 8.30. The summed E-state index contributed by atoms with van der Waals surface area (Å²) in [7, 11) is 0. The van der Waals surface area contributed by atoms with Gasteiger partial charge in [-0.2, -0.15) is 0 Å². The minimum Gasteiger partial charge on any atom is -0.462 e. The fourth-order valence-electron chi connectivity index (χ4n) is 2.77. The van der Waals surface area contributed by atoms with E-state index < -0.39 is 5.97 Å². The molecule has 1 aliphatic rings. The Labute approximate surface area is 123 Å². The fraction of sp³-hybridized carbons (Fsp3) is 0.312. The number of carbonyl (C=O) groups is 1. The first-order valence-electron chi connectivity index (χ1n) is 7.08. The minimum absolute atomic E-state index is 0.153. The van der Waals surface area contributed by atoms with Crippen LogP contribution in [-0.2, 0) is 11.2 Å². The number of aromatic nitrogens is 2. The summed E-state index contributed by atoms with van der Waals surface area (Å²) in [5, 5.41) is 0. The average molecular weight is 283 g/mol. The zero-order valence-corrected chi connectivity index (χ0v) is 11.9. The normalized spacial score (nSPS) is 16.5. The molecule has 0 fully saturated rings. The van der Waals surface area contributed by atoms with E-state index in [9.17, 15) is 4.79 Å². The highest BCUT2D eigenvalue weighted by Gasteiger charge is 2.26.